The molecule has 0 radical (unpaired) electrons. The van der Waals surface area contributed by atoms with Crippen LogP contribution in [0.5, 0.6) is 0 Å². The number of unbranched alkanes of at least 4 members (excludes halogenated alkanes) is 8. The first-order chi connectivity index (χ1) is 26.5. The van der Waals surface area contributed by atoms with E-state index < -0.39 is 63.1 Å². The number of aliphatic hydroxyl groups excluding tert-OH is 5. The summed E-state index contributed by atoms with van der Waals surface area (Å²) in [5.41, 5.74) is 0. The number of carbonyl (C=O) groups excluding carboxylic acids is 1. The summed E-state index contributed by atoms with van der Waals surface area (Å²) in [6.45, 7) is 3.97. The third-order valence-corrected chi connectivity index (χ3v) is 9.78. The molecule has 0 spiro atoms. The Bertz CT molecular complexity index is 1180. The third-order valence-electron chi connectivity index (χ3n) is 8.79. The molecule has 0 aromatic rings. The zero-order valence-electron chi connectivity index (χ0n) is 33.2. The van der Waals surface area contributed by atoms with Gasteiger partial charge in [-0.25, -0.2) is 4.57 Å². The summed E-state index contributed by atoms with van der Waals surface area (Å²) in [6, 6.07) is 0. The highest BCUT2D eigenvalue weighted by Gasteiger charge is 2.51. The second kappa shape index (κ2) is 32.8. The molecule has 1 saturated carbocycles. The van der Waals surface area contributed by atoms with Crippen LogP contribution >= 0.6 is 7.82 Å². The number of hydrogen-bond donors (Lipinski definition) is 6. The van der Waals surface area contributed by atoms with Gasteiger partial charge in [0.15, 0.2) is 0 Å². The van der Waals surface area contributed by atoms with Gasteiger partial charge in [-0.1, -0.05) is 119 Å². The van der Waals surface area contributed by atoms with Crippen LogP contribution in [0.1, 0.15) is 123 Å². The van der Waals surface area contributed by atoms with Gasteiger partial charge in [-0.2, -0.15) is 0 Å². The zero-order valence-corrected chi connectivity index (χ0v) is 34.1. The van der Waals surface area contributed by atoms with Crippen LogP contribution in [0.25, 0.3) is 0 Å². The van der Waals surface area contributed by atoms with E-state index in [1.54, 1.807) is 0 Å². The molecular weight excluding hydrogens is 727 g/mol. The second-order valence-corrected chi connectivity index (χ2v) is 15.2. The van der Waals surface area contributed by atoms with Gasteiger partial charge in [0.1, 0.15) is 42.7 Å². The van der Waals surface area contributed by atoms with Gasteiger partial charge in [0, 0.05) is 13.0 Å². The van der Waals surface area contributed by atoms with E-state index >= 15 is 0 Å². The van der Waals surface area contributed by atoms with Crippen molar-refractivity contribution in [3.63, 3.8) is 0 Å². The second-order valence-electron chi connectivity index (χ2n) is 13.7. The van der Waals surface area contributed by atoms with Crippen molar-refractivity contribution in [2.24, 2.45) is 0 Å². The van der Waals surface area contributed by atoms with Crippen molar-refractivity contribution in [3.8, 4) is 0 Å². The van der Waals surface area contributed by atoms with Crippen molar-refractivity contribution >= 4 is 13.8 Å². The van der Waals surface area contributed by atoms with Gasteiger partial charge in [0.2, 0.25) is 0 Å². The van der Waals surface area contributed by atoms with E-state index in [1.807, 2.05) is 12.2 Å². The minimum absolute atomic E-state index is 0.102. The Balaban J connectivity index is 2.51. The summed E-state index contributed by atoms with van der Waals surface area (Å²) in [7, 11) is -5.03. The third kappa shape index (κ3) is 25.6. The standard InChI is InChI=1S/C42H71O12P/c1-3-5-7-9-11-13-15-16-17-18-19-20-21-23-25-27-29-31-36(43)53-35(33-51-32-30-28-26-24-22-14-12-10-8-6-4-2)34-52-55(49,50)54-42-40(47)38(45)37(44)39(46)41(42)48/h5,7-8,10-11,13,16-17,19-20,23,25,35,37-42,44-48H,3-4,6,9,12,14-15,18,21-22,24,26-34H2,1-2H3,(H,49,50)/b7-5-,10-8-,13-11-,17-16-,20-19-,25-23-. The van der Waals surface area contributed by atoms with Gasteiger partial charge in [-0.05, 0) is 70.6 Å². The zero-order chi connectivity index (χ0) is 40.6. The first-order valence-corrected chi connectivity index (χ1v) is 21.8. The van der Waals surface area contributed by atoms with Crippen LogP contribution in [-0.2, 0) is 27.9 Å². The number of phosphoric ester groups is 1. The molecule has 0 aromatic carbocycles. The van der Waals surface area contributed by atoms with E-state index in [0.717, 1.165) is 77.0 Å². The average molecular weight is 799 g/mol. The molecule has 1 fully saturated rings. The summed E-state index contributed by atoms with van der Waals surface area (Å²) >= 11 is 0. The highest BCUT2D eigenvalue weighted by Crippen LogP contribution is 2.47. The number of hydrogen-bond acceptors (Lipinski definition) is 11. The molecule has 1 rings (SSSR count). The topological polar surface area (TPSA) is 192 Å². The predicted molar refractivity (Wildman–Crippen MR) is 216 cm³/mol. The number of esters is 1. The van der Waals surface area contributed by atoms with Gasteiger partial charge in [0.05, 0.1) is 13.2 Å². The fraction of sp³-hybridized carbons (Fsp3) is 0.690. The van der Waals surface area contributed by atoms with Crippen LogP contribution in [0.15, 0.2) is 72.9 Å². The van der Waals surface area contributed by atoms with E-state index in [9.17, 15) is 39.8 Å². The molecule has 1 aliphatic carbocycles. The maximum Gasteiger partial charge on any atom is 0.472 e. The Morgan fingerprint density at radius 2 is 1.07 bits per heavy atom. The molecule has 55 heavy (non-hydrogen) atoms. The molecule has 0 amide bonds. The highest BCUT2D eigenvalue weighted by atomic mass is 31.2. The summed E-state index contributed by atoms with van der Waals surface area (Å²) in [4.78, 5) is 23.0. The summed E-state index contributed by atoms with van der Waals surface area (Å²) in [6.07, 6.45) is 28.5. The number of phosphoric acid groups is 1. The molecule has 6 unspecified atom stereocenters. The number of aliphatic hydroxyl groups is 5. The smallest absolute Gasteiger partial charge is 0.457 e. The van der Waals surface area contributed by atoms with Crippen molar-refractivity contribution in [2.45, 2.75) is 166 Å². The summed E-state index contributed by atoms with van der Waals surface area (Å²) < 4.78 is 33.9. The Morgan fingerprint density at radius 3 is 1.65 bits per heavy atom. The molecule has 0 saturated heterocycles. The van der Waals surface area contributed by atoms with E-state index in [4.69, 9.17) is 18.5 Å². The molecule has 0 aliphatic heterocycles. The molecule has 13 heteroatoms. The van der Waals surface area contributed by atoms with Gasteiger partial charge in [-0.15, -0.1) is 0 Å². The molecule has 6 N–H and O–H groups in total. The minimum Gasteiger partial charge on any atom is -0.457 e. The fourth-order valence-corrected chi connectivity index (χ4v) is 6.54. The first kappa shape index (κ1) is 50.8. The van der Waals surface area contributed by atoms with Gasteiger partial charge in [-0.3, -0.25) is 13.8 Å². The normalized spacial score (nSPS) is 24.0. The Morgan fingerprint density at radius 1 is 0.600 bits per heavy atom. The van der Waals surface area contributed by atoms with Crippen molar-refractivity contribution < 1.29 is 58.3 Å². The van der Waals surface area contributed by atoms with Crippen LogP contribution in [0, 0.1) is 0 Å². The first-order valence-electron chi connectivity index (χ1n) is 20.3. The fourth-order valence-electron chi connectivity index (χ4n) is 5.57. The summed E-state index contributed by atoms with van der Waals surface area (Å²) in [5.74, 6) is -0.541. The summed E-state index contributed by atoms with van der Waals surface area (Å²) in [5, 5.41) is 50.0. The molecular formula is C42H71O12P. The SMILES string of the molecule is CC/C=C\C/C=C\C/C=C\C/C=C\C/C=C\CCCC(=O)OC(COCCCCCCCC/C=C\CCC)COP(=O)(O)OC1C(O)C(O)C(O)C(O)C1O. The van der Waals surface area contributed by atoms with Crippen LogP contribution in [-0.4, -0.2) is 98.9 Å². The largest absolute Gasteiger partial charge is 0.472 e. The lowest BCUT2D eigenvalue weighted by atomic mass is 9.85. The maximum atomic E-state index is 12.8. The quantitative estimate of drug-likeness (QED) is 0.0173. The van der Waals surface area contributed by atoms with Gasteiger partial charge < -0.3 is 39.9 Å². The molecule has 316 valence electrons. The molecule has 6 atom stereocenters. The van der Waals surface area contributed by atoms with Gasteiger partial charge in [0.25, 0.3) is 0 Å². The number of carbonyl (C=O) groups is 1. The van der Waals surface area contributed by atoms with Crippen LogP contribution < -0.4 is 0 Å². The number of ether oxygens (including phenoxy) is 2. The predicted octanol–water partition coefficient (Wildman–Crippen LogP) is 7.24. The van der Waals surface area contributed by atoms with Crippen molar-refractivity contribution in [2.75, 3.05) is 19.8 Å². The molecule has 0 aromatic heterocycles. The molecule has 0 bridgehead atoms. The van der Waals surface area contributed by atoms with Crippen LogP contribution in [0.4, 0.5) is 0 Å². The van der Waals surface area contributed by atoms with E-state index in [0.29, 0.717) is 19.4 Å². The molecule has 12 nitrogen and oxygen atoms in total. The highest BCUT2D eigenvalue weighted by molar-refractivity contribution is 7.47. The van der Waals surface area contributed by atoms with Crippen molar-refractivity contribution in [1.29, 1.82) is 0 Å². The van der Waals surface area contributed by atoms with E-state index in [2.05, 4.69) is 74.6 Å². The van der Waals surface area contributed by atoms with Crippen molar-refractivity contribution in [1.82, 2.24) is 0 Å². The number of rotatable bonds is 32. The Kier molecular flexibility index (Phi) is 30.3. The van der Waals surface area contributed by atoms with Crippen molar-refractivity contribution in [3.05, 3.63) is 72.9 Å². The Hall–Kier alpha value is -2.22. The lowest BCUT2D eigenvalue weighted by Gasteiger charge is -2.41. The monoisotopic (exact) mass is 798 g/mol. The minimum atomic E-state index is -5.03. The Labute approximate surface area is 329 Å². The van der Waals surface area contributed by atoms with Crippen LogP contribution in [0.2, 0.25) is 0 Å². The van der Waals surface area contributed by atoms with E-state index in [-0.39, 0.29) is 13.0 Å². The van der Waals surface area contributed by atoms with Gasteiger partial charge >= 0.3 is 13.8 Å². The van der Waals surface area contributed by atoms with E-state index in [1.165, 1.54) is 12.8 Å². The maximum absolute atomic E-state index is 12.8. The lowest BCUT2D eigenvalue weighted by Crippen LogP contribution is -2.64. The average Bonchev–Trinajstić information content (AvgIpc) is 3.17. The lowest BCUT2D eigenvalue weighted by molar-refractivity contribution is -0.220. The number of allylic oxidation sites excluding steroid dienone is 12. The van der Waals surface area contributed by atoms with Crippen LogP contribution in [0.3, 0.4) is 0 Å². The molecule has 0 heterocycles. The molecule has 1 aliphatic rings.